The summed E-state index contributed by atoms with van der Waals surface area (Å²) in [5.41, 5.74) is 0. The van der Waals surface area contributed by atoms with Gasteiger partial charge >= 0.3 is 6.18 Å². The topological polar surface area (TPSA) is 9.23 Å². The van der Waals surface area contributed by atoms with E-state index in [1.54, 1.807) is 6.92 Å². The highest BCUT2D eigenvalue weighted by Gasteiger charge is 2.43. The molecule has 2 atom stereocenters. The van der Waals surface area contributed by atoms with Gasteiger partial charge in [-0.3, -0.25) is 0 Å². The summed E-state index contributed by atoms with van der Waals surface area (Å²) in [7, 11) is 0. The first-order valence-electron chi connectivity index (χ1n) is 4.70. The summed E-state index contributed by atoms with van der Waals surface area (Å²) < 4.78 is 42.4. The van der Waals surface area contributed by atoms with Crippen molar-refractivity contribution in [1.29, 1.82) is 0 Å². The first-order chi connectivity index (χ1) is 6.05. The summed E-state index contributed by atoms with van der Waals surface area (Å²) in [5.74, 6) is -1.49. The molecule has 1 aliphatic heterocycles. The Morgan fingerprint density at radius 1 is 1.46 bits per heavy atom. The van der Waals surface area contributed by atoms with Gasteiger partial charge in [0.05, 0.1) is 5.92 Å². The van der Waals surface area contributed by atoms with Gasteiger partial charge in [-0.2, -0.15) is 13.2 Å². The second kappa shape index (κ2) is 4.31. The Bertz CT molecular complexity index is 149. The Morgan fingerprint density at radius 3 is 2.54 bits per heavy atom. The van der Waals surface area contributed by atoms with Crippen LogP contribution in [0.2, 0.25) is 0 Å². The number of halogens is 3. The lowest BCUT2D eigenvalue weighted by atomic mass is 9.85. The van der Waals surface area contributed by atoms with Crippen molar-refractivity contribution in [2.24, 2.45) is 11.8 Å². The zero-order chi connectivity index (χ0) is 9.90. The van der Waals surface area contributed by atoms with Crippen molar-refractivity contribution in [2.45, 2.75) is 32.4 Å². The Labute approximate surface area is 76.3 Å². The Morgan fingerprint density at radius 2 is 2.15 bits per heavy atom. The van der Waals surface area contributed by atoms with E-state index in [1.165, 1.54) is 0 Å². The standard InChI is InChI=1S/C9H15F3O/c1-2-8(9(10,11)12)7-4-3-5-13-6-7/h7-8H,2-6H2,1H3. The second-order valence-electron chi connectivity index (χ2n) is 3.53. The molecular formula is C9H15F3O. The fourth-order valence-corrected chi connectivity index (χ4v) is 1.92. The lowest BCUT2D eigenvalue weighted by molar-refractivity contribution is -0.199. The molecule has 0 saturated carbocycles. The molecule has 1 saturated heterocycles. The van der Waals surface area contributed by atoms with E-state index < -0.39 is 12.1 Å². The molecule has 2 unspecified atom stereocenters. The Kier molecular flexibility index (Phi) is 3.59. The Hall–Kier alpha value is -0.250. The predicted octanol–water partition coefficient (Wildman–Crippen LogP) is 3.00. The van der Waals surface area contributed by atoms with Crippen LogP contribution in [0.3, 0.4) is 0 Å². The van der Waals surface area contributed by atoms with Crippen molar-refractivity contribution in [3.05, 3.63) is 0 Å². The van der Waals surface area contributed by atoms with E-state index in [1.807, 2.05) is 0 Å². The SMILES string of the molecule is CCC(C1CCCOC1)C(F)(F)F. The van der Waals surface area contributed by atoms with Crippen LogP contribution in [0.25, 0.3) is 0 Å². The molecular weight excluding hydrogens is 181 g/mol. The van der Waals surface area contributed by atoms with E-state index in [0.717, 1.165) is 6.42 Å². The molecule has 0 aromatic carbocycles. The van der Waals surface area contributed by atoms with Crippen LogP contribution in [-0.2, 0) is 4.74 Å². The van der Waals surface area contributed by atoms with Gasteiger partial charge in [0.2, 0.25) is 0 Å². The first-order valence-corrected chi connectivity index (χ1v) is 4.70. The van der Waals surface area contributed by atoms with E-state index in [-0.39, 0.29) is 18.9 Å². The minimum absolute atomic E-state index is 0.164. The molecule has 78 valence electrons. The molecule has 13 heavy (non-hydrogen) atoms. The van der Waals surface area contributed by atoms with Gasteiger partial charge in [-0.15, -0.1) is 0 Å². The van der Waals surface area contributed by atoms with Crippen LogP contribution >= 0.6 is 0 Å². The monoisotopic (exact) mass is 196 g/mol. The van der Waals surface area contributed by atoms with Gasteiger partial charge in [0.15, 0.2) is 0 Å². The molecule has 4 heteroatoms. The molecule has 0 bridgehead atoms. The van der Waals surface area contributed by atoms with Crippen molar-refractivity contribution in [2.75, 3.05) is 13.2 Å². The number of hydrogen-bond donors (Lipinski definition) is 0. The number of rotatable bonds is 2. The lowest BCUT2D eigenvalue weighted by Crippen LogP contribution is -2.34. The minimum Gasteiger partial charge on any atom is -0.381 e. The van der Waals surface area contributed by atoms with E-state index in [9.17, 15) is 13.2 Å². The molecule has 0 N–H and O–H groups in total. The van der Waals surface area contributed by atoms with Crippen LogP contribution in [0.1, 0.15) is 26.2 Å². The van der Waals surface area contributed by atoms with Crippen LogP contribution in [0.4, 0.5) is 13.2 Å². The van der Waals surface area contributed by atoms with E-state index in [0.29, 0.717) is 13.0 Å². The molecule has 1 nitrogen and oxygen atoms in total. The molecule has 1 fully saturated rings. The zero-order valence-electron chi connectivity index (χ0n) is 7.73. The summed E-state index contributed by atoms with van der Waals surface area (Å²) in [6, 6.07) is 0. The maximum Gasteiger partial charge on any atom is 0.392 e. The fourth-order valence-electron chi connectivity index (χ4n) is 1.92. The first kappa shape index (κ1) is 10.8. The van der Waals surface area contributed by atoms with Gasteiger partial charge in [-0.1, -0.05) is 6.92 Å². The fraction of sp³-hybridized carbons (Fsp3) is 1.00. The summed E-state index contributed by atoms with van der Waals surface area (Å²) in [6.07, 6.45) is -2.48. The van der Waals surface area contributed by atoms with Crippen LogP contribution in [-0.4, -0.2) is 19.4 Å². The van der Waals surface area contributed by atoms with Crippen molar-refractivity contribution < 1.29 is 17.9 Å². The lowest BCUT2D eigenvalue weighted by Gasteiger charge is -2.30. The van der Waals surface area contributed by atoms with Gasteiger partial charge in [0.25, 0.3) is 0 Å². The molecule has 0 spiro atoms. The number of alkyl halides is 3. The summed E-state index contributed by atoms with van der Waals surface area (Å²) in [4.78, 5) is 0. The molecule has 0 radical (unpaired) electrons. The quantitative estimate of drug-likeness (QED) is 0.659. The summed E-state index contributed by atoms with van der Waals surface area (Å²) in [6.45, 7) is 2.48. The second-order valence-corrected chi connectivity index (χ2v) is 3.53. The smallest absolute Gasteiger partial charge is 0.381 e. The Balaban J connectivity index is 2.54. The van der Waals surface area contributed by atoms with E-state index in [4.69, 9.17) is 4.74 Å². The average Bonchev–Trinajstić information content (AvgIpc) is 2.05. The highest BCUT2D eigenvalue weighted by atomic mass is 19.4. The molecule has 0 amide bonds. The van der Waals surface area contributed by atoms with Crippen molar-refractivity contribution in [1.82, 2.24) is 0 Å². The predicted molar refractivity (Wildman–Crippen MR) is 43.4 cm³/mol. The summed E-state index contributed by atoms with van der Waals surface area (Å²) in [5, 5.41) is 0. The third-order valence-corrected chi connectivity index (χ3v) is 2.62. The van der Waals surface area contributed by atoms with Gasteiger partial charge < -0.3 is 4.74 Å². The molecule has 1 aliphatic rings. The molecule has 0 aliphatic carbocycles. The van der Waals surface area contributed by atoms with Crippen molar-refractivity contribution >= 4 is 0 Å². The van der Waals surface area contributed by atoms with E-state index >= 15 is 0 Å². The third kappa shape index (κ3) is 2.86. The molecule has 1 rings (SSSR count). The van der Waals surface area contributed by atoms with Gasteiger partial charge in [0.1, 0.15) is 0 Å². The maximum absolute atomic E-state index is 12.4. The normalized spacial score (nSPS) is 27.2. The highest BCUT2D eigenvalue weighted by Crippen LogP contribution is 2.37. The maximum atomic E-state index is 12.4. The van der Waals surface area contributed by atoms with Crippen LogP contribution in [0.5, 0.6) is 0 Å². The number of hydrogen-bond acceptors (Lipinski definition) is 1. The van der Waals surface area contributed by atoms with Crippen LogP contribution < -0.4 is 0 Å². The highest BCUT2D eigenvalue weighted by molar-refractivity contribution is 4.77. The van der Waals surface area contributed by atoms with Gasteiger partial charge in [0, 0.05) is 13.2 Å². The van der Waals surface area contributed by atoms with E-state index in [2.05, 4.69) is 0 Å². The third-order valence-electron chi connectivity index (χ3n) is 2.62. The molecule has 0 aromatic rings. The van der Waals surface area contributed by atoms with Crippen LogP contribution in [0.15, 0.2) is 0 Å². The van der Waals surface area contributed by atoms with Crippen molar-refractivity contribution in [3.63, 3.8) is 0 Å². The number of ether oxygens (including phenoxy) is 1. The molecule has 0 aromatic heterocycles. The van der Waals surface area contributed by atoms with Crippen molar-refractivity contribution in [3.8, 4) is 0 Å². The minimum atomic E-state index is -4.06. The van der Waals surface area contributed by atoms with Gasteiger partial charge in [-0.05, 0) is 25.2 Å². The summed E-state index contributed by atoms with van der Waals surface area (Å²) >= 11 is 0. The average molecular weight is 196 g/mol. The molecule has 1 heterocycles. The largest absolute Gasteiger partial charge is 0.392 e. The van der Waals surface area contributed by atoms with Gasteiger partial charge in [-0.25, -0.2) is 0 Å². The van der Waals surface area contributed by atoms with Crippen LogP contribution in [0, 0.1) is 11.8 Å². The zero-order valence-corrected chi connectivity index (χ0v) is 7.73.